The molecule has 2 aromatic rings. The van der Waals surface area contributed by atoms with Crippen molar-refractivity contribution in [2.45, 2.75) is 6.18 Å². The molecular weight excluding hydrogens is 233 g/mol. The number of hydrogen-bond acceptors (Lipinski definition) is 2. The molecule has 1 heterocycles. The van der Waals surface area contributed by atoms with Crippen LogP contribution in [-0.2, 0) is 6.18 Å². The molecular formula is C11H5F3N2O. The Hall–Kier alpha value is -2.29. The van der Waals surface area contributed by atoms with Gasteiger partial charge in [-0.25, -0.2) is 0 Å². The van der Waals surface area contributed by atoms with E-state index in [9.17, 15) is 18.0 Å². The summed E-state index contributed by atoms with van der Waals surface area (Å²) in [5, 5.41) is 8.47. The molecule has 0 atom stereocenters. The minimum Gasteiger partial charge on any atom is -0.359 e. The lowest BCUT2D eigenvalue weighted by Gasteiger charge is -2.09. The second-order valence-electron chi connectivity index (χ2n) is 3.37. The third-order valence-corrected chi connectivity index (χ3v) is 2.34. The quantitative estimate of drug-likeness (QED) is 0.766. The number of pyridine rings is 1. The van der Waals surface area contributed by atoms with E-state index in [0.29, 0.717) is 0 Å². The van der Waals surface area contributed by atoms with E-state index in [1.54, 1.807) is 6.07 Å². The number of hydrogen-bond donors (Lipinski definition) is 1. The molecule has 0 saturated heterocycles. The molecule has 0 aliphatic rings. The first kappa shape index (κ1) is 11.2. The first-order chi connectivity index (χ1) is 7.95. The summed E-state index contributed by atoms with van der Waals surface area (Å²) < 4.78 is 37.9. The van der Waals surface area contributed by atoms with Crippen molar-refractivity contribution in [3.8, 4) is 6.07 Å². The number of nitriles is 1. The first-order valence-corrected chi connectivity index (χ1v) is 4.57. The third-order valence-electron chi connectivity index (χ3n) is 2.34. The van der Waals surface area contributed by atoms with E-state index in [2.05, 4.69) is 4.98 Å². The molecule has 0 unspecified atom stereocenters. The van der Waals surface area contributed by atoms with E-state index >= 15 is 0 Å². The highest BCUT2D eigenvalue weighted by Gasteiger charge is 2.33. The fourth-order valence-corrected chi connectivity index (χ4v) is 1.57. The number of benzene rings is 1. The molecule has 2 rings (SSSR count). The minimum absolute atomic E-state index is 0.140. The largest absolute Gasteiger partial charge is 0.418 e. The molecule has 17 heavy (non-hydrogen) atoms. The predicted molar refractivity (Wildman–Crippen MR) is 54.3 cm³/mol. The van der Waals surface area contributed by atoms with Crippen molar-refractivity contribution in [3.05, 3.63) is 45.7 Å². The monoisotopic (exact) mass is 238 g/mol. The maximum absolute atomic E-state index is 12.6. The van der Waals surface area contributed by atoms with Gasteiger partial charge in [0.15, 0.2) is 0 Å². The summed E-state index contributed by atoms with van der Waals surface area (Å²) in [5.74, 6) is 0. The number of rotatable bonds is 0. The van der Waals surface area contributed by atoms with Crippen LogP contribution in [0.3, 0.4) is 0 Å². The van der Waals surface area contributed by atoms with Crippen LogP contribution >= 0.6 is 0 Å². The smallest absolute Gasteiger partial charge is 0.359 e. The summed E-state index contributed by atoms with van der Waals surface area (Å²) in [4.78, 5) is 14.0. The Balaban J connectivity index is 2.91. The highest BCUT2D eigenvalue weighted by molar-refractivity contribution is 5.83. The molecule has 0 aliphatic heterocycles. The number of fused-ring (bicyclic) bond motifs is 1. The Labute approximate surface area is 93.1 Å². The molecule has 0 radical (unpaired) electrons. The van der Waals surface area contributed by atoms with Crippen molar-refractivity contribution in [1.29, 1.82) is 5.26 Å². The number of nitrogens with zero attached hydrogens (tertiary/aromatic N) is 1. The van der Waals surface area contributed by atoms with Crippen LogP contribution in [0.2, 0.25) is 0 Å². The summed E-state index contributed by atoms with van der Waals surface area (Å²) >= 11 is 0. The highest BCUT2D eigenvalue weighted by Crippen LogP contribution is 2.32. The molecule has 1 aromatic heterocycles. The van der Waals surface area contributed by atoms with Gasteiger partial charge < -0.3 is 4.98 Å². The van der Waals surface area contributed by atoms with Crippen LogP contribution in [0.5, 0.6) is 0 Å². The molecule has 3 nitrogen and oxygen atoms in total. The molecule has 0 spiro atoms. The summed E-state index contributed by atoms with van der Waals surface area (Å²) in [6, 6.07) is 4.89. The minimum atomic E-state index is -4.55. The van der Waals surface area contributed by atoms with Gasteiger partial charge in [0, 0.05) is 11.6 Å². The predicted octanol–water partition coefficient (Wildman–Crippen LogP) is 2.42. The van der Waals surface area contributed by atoms with Gasteiger partial charge in [-0.15, -0.1) is 0 Å². The van der Waals surface area contributed by atoms with Crippen molar-refractivity contribution in [2.24, 2.45) is 0 Å². The molecule has 0 saturated carbocycles. The van der Waals surface area contributed by atoms with E-state index in [1.165, 1.54) is 6.07 Å². The van der Waals surface area contributed by atoms with E-state index in [0.717, 1.165) is 18.3 Å². The van der Waals surface area contributed by atoms with Gasteiger partial charge in [0.1, 0.15) is 11.6 Å². The number of H-pyrrole nitrogens is 1. The average molecular weight is 238 g/mol. The maximum Gasteiger partial charge on any atom is 0.418 e. The van der Waals surface area contributed by atoms with Crippen LogP contribution in [0, 0.1) is 11.3 Å². The van der Waals surface area contributed by atoms with Crippen LogP contribution < -0.4 is 5.43 Å². The second kappa shape index (κ2) is 3.63. The Morgan fingerprint density at radius 1 is 1.29 bits per heavy atom. The van der Waals surface area contributed by atoms with Crippen LogP contribution in [0.15, 0.2) is 29.2 Å². The lowest BCUT2D eigenvalue weighted by molar-refractivity contribution is -0.136. The maximum atomic E-state index is 12.6. The number of nitrogens with one attached hydrogen (secondary N) is 1. The SMILES string of the molecule is N#Cc1c[nH]c2c(C(F)(F)F)cccc2c1=O. The zero-order valence-corrected chi connectivity index (χ0v) is 8.30. The van der Waals surface area contributed by atoms with Gasteiger partial charge >= 0.3 is 6.18 Å². The van der Waals surface area contributed by atoms with Crippen LogP contribution in [0.25, 0.3) is 10.9 Å². The van der Waals surface area contributed by atoms with Crippen LogP contribution in [0.4, 0.5) is 13.2 Å². The molecule has 0 aliphatic carbocycles. The molecule has 0 amide bonds. The second-order valence-corrected chi connectivity index (χ2v) is 3.37. The van der Waals surface area contributed by atoms with E-state index in [1.807, 2.05) is 0 Å². The Bertz CT molecular complexity index is 680. The molecule has 86 valence electrons. The van der Waals surface area contributed by atoms with Crippen molar-refractivity contribution in [3.63, 3.8) is 0 Å². The fourth-order valence-electron chi connectivity index (χ4n) is 1.57. The molecule has 1 N–H and O–H groups in total. The zero-order valence-electron chi connectivity index (χ0n) is 8.30. The van der Waals surface area contributed by atoms with Gasteiger partial charge in [0.05, 0.1) is 11.1 Å². The zero-order chi connectivity index (χ0) is 12.6. The number of para-hydroxylation sites is 1. The first-order valence-electron chi connectivity index (χ1n) is 4.57. The molecule has 0 fully saturated rings. The Morgan fingerprint density at radius 3 is 2.59 bits per heavy atom. The van der Waals surface area contributed by atoms with Gasteiger partial charge in [-0.3, -0.25) is 4.79 Å². The lowest BCUT2D eigenvalue weighted by Crippen LogP contribution is -2.12. The van der Waals surface area contributed by atoms with Crippen LogP contribution in [-0.4, -0.2) is 4.98 Å². The van der Waals surface area contributed by atoms with Crippen molar-refractivity contribution in [2.75, 3.05) is 0 Å². The van der Waals surface area contributed by atoms with E-state index in [4.69, 9.17) is 5.26 Å². The average Bonchev–Trinajstić information content (AvgIpc) is 2.28. The normalized spacial score (nSPS) is 11.4. The van der Waals surface area contributed by atoms with E-state index in [-0.39, 0.29) is 16.5 Å². The van der Waals surface area contributed by atoms with Crippen molar-refractivity contribution >= 4 is 10.9 Å². The van der Waals surface area contributed by atoms with Crippen LogP contribution in [0.1, 0.15) is 11.1 Å². The fraction of sp³-hybridized carbons (Fsp3) is 0.0909. The third kappa shape index (κ3) is 1.76. The topological polar surface area (TPSA) is 56.6 Å². The molecule has 1 aromatic carbocycles. The highest BCUT2D eigenvalue weighted by atomic mass is 19.4. The Morgan fingerprint density at radius 2 is 2.00 bits per heavy atom. The number of aromatic amines is 1. The van der Waals surface area contributed by atoms with E-state index < -0.39 is 17.2 Å². The standard InChI is InChI=1S/C11H5F3N2O/c12-11(13,14)8-3-1-2-7-9(8)16-5-6(4-15)10(7)17/h1-3,5H,(H,16,17). The number of alkyl halides is 3. The van der Waals surface area contributed by atoms with Gasteiger partial charge in [-0.1, -0.05) is 6.07 Å². The summed E-state index contributed by atoms with van der Waals surface area (Å²) in [6.07, 6.45) is -3.56. The molecule has 6 heteroatoms. The summed E-state index contributed by atoms with van der Waals surface area (Å²) in [7, 11) is 0. The van der Waals surface area contributed by atoms with Crippen molar-refractivity contribution < 1.29 is 13.2 Å². The summed E-state index contributed by atoms with van der Waals surface area (Å²) in [6.45, 7) is 0. The van der Waals surface area contributed by atoms with Gasteiger partial charge in [0.25, 0.3) is 0 Å². The Kier molecular flexibility index (Phi) is 2.39. The molecule has 0 bridgehead atoms. The van der Waals surface area contributed by atoms with Gasteiger partial charge in [0.2, 0.25) is 5.43 Å². The van der Waals surface area contributed by atoms with Gasteiger partial charge in [-0.05, 0) is 12.1 Å². The number of aromatic nitrogens is 1. The number of halogens is 3. The van der Waals surface area contributed by atoms with Gasteiger partial charge in [-0.2, -0.15) is 18.4 Å². The lowest BCUT2D eigenvalue weighted by atomic mass is 10.1. The summed E-state index contributed by atoms with van der Waals surface area (Å²) in [5.41, 5.74) is -2.13. The van der Waals surface area contributed by atoms with Crippen molar-refractivity contribution in [1.82, 2.24) is 4.98 Å².